The summed E-state index contributed by atoms with van der Waals surface area (Å²) in [6.45, 7) is 14.3. The van der Waals surface area contributed by atoms with Crippen LogP contribution in [-0.2, 0) is 0 Å². The highest BCUT2D eigenvalue weighted by Gasteiger charge is 2.04. The van der Waals surface area contributed by atoms with E-state index in [1.165, 1.54) is 11.3 Å². The van der Waals surface area contributed by atoms with Crippen LogP contribution in [0.15, 0.2) is 24.9 Å². The predicted octanol–water partition coefficient (Wildman–Crippen LogP) is 4.65. The Kier molecular flexibility index (Phi) is 6.68. The van der Waals surface area contributed by atoms with Crippen molar-refractivity contribution in [1.82, 2.24) is 4.98 Å². The molecule has 0 saturated carbocycles. The average molecular weight is 205 g/mol. The zero-order valence-corrected chi connectivity index (χ0v) is 10.7. The molecule has 0 aromatic carbocycles. The quantitative estimate of drug-likeness (QED) is 0.699. The van der Waals surface area contributed by atoms with Crippen LogP contribution in [0.2, 0.25) is 0 Å². The fraction of sp³-hybridized carbons (Fsp3) is 0.500. The summed E-state index contributed by atoms with van der Waals surface area (Å²) in [7, 11) is 0. The largest absolute Gasteiger partial charge is 0.261 e. The van der Waals surface area contributed by atoms with Gasteiger partial charge in [-0.1, -0.05) is 39.8 Å². The Morgan fingerprint density at radius 3 is 2.53 bits per heavy atom. The van der Waals surface area contributed by atoms with E-state index in [4.69, 9.17) is 0 Å². The average Bonchev–Trinajstić information content (AvgIpc) is 2.30. The number of allylic oxidation sites excluding steroid dienone is 1. The monoisotopic (exact) mass is 205 g/mol. The molecular formula is C14H23N. The van der Waals surface area contributed by atoms with Crippen LogP contribution in [0.5, 0.6) is 0 Å². The van der Waals surface area contributed by atoms with Gasteiger partial charge in [-0.25, -0.2) is 0 Å². The molecule has 0 N–H and O–H groups in total. The number of aromatic nitrogens is 1. The second-order valence-corrected chi connectivity index (χ2v) is 3.56. The molecule has 15 heavy (non-hydrogen) atoms. The van der Waals surface area contributed by atoms with Gasteiger partial charge in [0.15, 0.2) is 0 Å². The number of pyridine rings is 1. The highest BCUT2D eigenvalue weighted by molar-refractivity contribution is 5.61. The first-order valence-electron chi connectivity index (χ1n) is 5.77. The molecule has 0 saturated heterocycles. The Labute approximate surface area is 94.3 Å². The molecule has 0 bridgehead atoms. The van der Waals surface area contributed by atoms with Gasteiger partial charge in [-0.05, 0) is 37.0 Å². The molecule has 0 aliphatic carbocycles. The van der Waals surface area contributed by atoms with Gasteiger partial charge in [-0.15, -0.1) is 0 Å². The third kappa shape index (κ3) is 4.28. The van der Waals surface area contributed by atoms with Crippen molar-refractivity contribution in [3.8, 4) is 0 Å². The number of nitrogens with zero attached hydrogens (tertiary/aromatic N) is 1. The standard InChI is InChI=1S/C12H17N.C2H6/c1-5-10(4)12-8-11(9(2)3)6-7-13-12;1-2/h6-8,10H,2,5H2,1,3-4H3;1-2H3. The highest BCUT2D eigenvalue weighted by atomic mass is 14.7. The van der Waals surface area contributed by atoms with Gasteiger partial charge in [0.2, 0.25) is 0 Å². The Morgan fingerprint density at radius 1 is 1.47 bits per heavy atom. The molecule has 1 heterocycles. The zero-order valence-electron chi connectivity index (χ0n) is 10.7. The smallest absolute Gasteiger partial charge is 0.0437 e. The van der Waals surface area contributed by atoms with Gasteiger partial charge >= 0.3 is 0 Å². The molecule has 0 aliphatic heterocycles. The van der Waals surface area contributed by atoms with E-state index in [-0.39, 0.29) is 0 Å². The first kappa shape index (κ1) is 13.9. The van der Waals surface area contributed by atoms with Crippen LogP contribution < -0.4 is 0 Å². The van der Waals surface area contributed by atoms with Crippen LogP contribution in [-0.4, -0.2) is 4.98 Å². The summed E-state index contributed by atoms with van der Waals surface area (Å²) in [6.07, 6.45) is 3.00. The van der Waals surface area contributed by atoms with E-state index in [0.29, 0.717) is 5.92 Å². The van der Waals surface area contributed by atoms with Crippen molar-refractivity contribution in [2.45, 2.75) is 47.0 Å². The summed E-state index contributed by atoms with van der Waals surface area (Å²) in [5.74, 6) is 0.541. The molecule has 1 aromatic rings. The van der Waals surface area contributed by atoms with E-state index < -0.39 is 0 Å². The lowest BCUT2D eigenvalue weighted by atomic mass is 10.0. The van der Waals surface area contributed by atoms with Crippen molar-refractivity contribution in [3.63, 3.8) is 0 Å². The van der Waals surface area contributed by atoms with Crippen molar-refractivity contribution in [2.24, 2.45) is 0 Å². The lowest BCUT2D eigenvalue weighted by molar-refractivity contribution is 0.708. The van der Waals surface area contributed by atoms with E-state index in [1.807, 2.05) is 33.0 Å². The molecule has 1 nitrogen and oxygen atoms in total. The van der Waals surface area contributed by atoms with Gasteiger partial charge in [-0.2, -0.15) is 0 Å². The number of rotatable bonds is 3. The van der Waals surface area contributed by atoms with E-state index in [9.17, 15) is 0 Å². The van der Waals surface area contributed by atoms with E-state index in [1.54, 1.807) is 0 Å². The predicted molar refractivity (Wildman–Crippen MR) is 69.0 cm³/mol. The molecule has 0 spiro atoms. The van der Waals surface area contributed by atoms with Crippen LogP contribution in [0.4, 0.5) is 0 Å². The Hall–Kier alpha value is -1.11. The van der Waals surface area contributed by atoms with E-state index >= 15 is 0 Å². The third-order valence-corrected chi connectivity index (χ3v) is 2.39. The van der Waals surface area contributed by atoms with Crippen LogP contribution in [0, 0.1) is 0 Å². The minimum atomic E-state index is 0.541. The molecule has 0 fully saturated rings. The Balaban J connectivity index is 0.000000921. The van der Waals surface area contributed by atoms with Gasteiger partial charge in [0.05, 0.1) is 0 Å². The number of hydrogen-bond donors (Lipinski definition) is 0. The first-order valence-corrected chi connectivity index (χ1v) is 5.77. The third-order valence-electron chi connectivity index (χ3n) is 2.39. The maximum Gasteiger partial charge on any atom is 0.0437 e. The molecule has 0 amide bonds. The van der Waals surface area contributed by atoms with E-state index in [0.717, 1.165) is 12.0 Å². The van der Waals surface area contributed by atoms with Crippen LogP contribution in [0.1, 0.15) is 58.2 Å². The van der Waals surface area contributed by atoms with Crippen LogP contribution in [0.3, 0.4) is 0 Å². The normalized spacial score (nSPS) is 11.3. The maximum atomic E-state index is 4.35. The summed E-state index contributed by atoms with van der Waals surface area (Å²) >= 11 is 0. The lowest BCUT2D eigenvalue weighted by Crippen LogP contribution is -1.95. The van der Waals surface area contributed by atoms with Crippen LogP contribution >= 0.6 is 0 Å². The van der Waals surface area contributed by atoms with Crippen molar-refractivity contribution in [2.75, 3.05) is 0 Å². The van der Waals surface area contributed by atoms with Gasteiger partial charge in [-0.3, -0.25) is 4.98 Å². The van der Waals surface area contributed by atoms with Gasteiger partial charge < -0.3 is 0 Å². The molecular weight excluding hydrogens is 182 g/mol. The van der Waals surface area contributed by atoms with Crippen molar-refractivity contribution in [3.05, 3.63) is 36.2 Å². The summed E-state index contributed by atoms with van der Waals surface area (Å²) in [5.41, 5.74) is 3.47. The second-order valence-electron chi connectivity index (χ2n) is 3.56. The molecule has 1 unspecified atom stereocenters. The van der Waals surface area contributed by atoms with Gasteiger partial charge in [0.25, 0.3) is 0 Å². The summed E-state index contributed by atoms with van der Waals surface area (Å²) < 4.78 is 0. The summed E-state index contributed by atoms with van der Waals surface area (Å²) in [6, 6.07) is 4.14. The van der Waals surface area contributed by atoms with Crippen LogP contribution in [0.25, 0.3) is 5.57 Å². The minimum absolute atomic E-state index is 0.541. The lowest BCUT2D eigenvalue weighted by Gasteiger charge is -2.09. The Bertz CT molecular complexity index is 302. The van der Waals surface area contributed by atoms with Crippen molar-refractivity contribution < 1.29 is 0 Å². The second kappa shape index (κ2) is 7.22. The highest BCUT2D eigenvalue weighted by Crippen LogP contribution is 2.19. The summed E-state index contributed by atoms with van der Waals surface area (Å²) in [4.78, 5) is 4.35. The fourth-order valence-electron chi connectivity index (χ4n) is 1.19. The van der Waals surface area contributed by atoms with Crippen molar-refractivity contribution >= 4 is 5.57 Å². The molecule has 1 rings (SSSR count). The minimum Gasteiger partial charge on any atom is -0.261 e. The van der Waals surface area contributed by atoms with Gasteiger partial charge in [0.1, 0.15) is 0 Å². The molecule has 0 radical (unpaired) electrons. The maximum absolute atomic E-state index is 4.35. The summed E-state index contributed by atoms with van der Waals surface area (Å²) in [5, 5.41) is 0. The first-order chi connectivity index (χ1) is 7.15. The molecule has 1 atom stereocenters. The van der Waals surface area contributed by atoms with Crippen molar-refractivity contribution in [1.29, 1.82) is 0 Å². The molecule has 84 valence electrons. The SMILES string of the molecule is C=C(C)c1ccnc(C(C)CC)c1.CC. The topological polar surface area (TPSA) is 12.9 Å². The van der Waals surface area contributed by atoms with E-state index in [2.05, 4.69) is 31.5 Å². The number of hydrogen-bond acceptors (Lipinski definition) is 1. The fourth-order valence-corrected chi connectivity index (χ4v) is 1.19. The zero-order chi connectivity index (χ0) is 11.8. The molecule has 1 aromatic heterocycles. The molecule has 0 aliphatic rings. The Morgan fingerprint density at radius 2 is 2.07 bits per heavy atom. The molecule has 1 heteroatoms. The van der Waals surface area contributed by atoms with Gasteiger partial charge in [0, 0.05) is 11.9 Å².